The van der Waals surface area contributed by atoms with E-state index in [0.29, 0.717) is 19.3 Å². The molecule has 0 aliphatic heterocycles. The van der Waals surface area contributed by atoms with E-state index in [0.717, 1.165) is 5.56 Å². The highest BCUT2D eigenvalue weighted by atomic mass is 16.1. The minimum atomic E-state index is -0.361. The number of benzene rings is 1. The molecule has 90 valence electrons. The van der Waals surface area contributed by atoms with E-state index in [2.05, 4.69) is 11.4 Å². The van der Waals surface area contributed by atoms with Gasteiger partial charge < -0.3 is 5.32 Å². The summed E-state index contributed by atoms with van der Waals surface area (Å²) in [5.41, 5.74) is 2.37. The number of hydrogen-bond acceptors (Lipinski definition) is 2. The molecule has 0 bridgehead atoms. The van der Waals surface area contributed by atoms with Gasteiger partial charge in [0.15, 0.2) is 0 Å². The maximum absolute atomic E-state index is 11.5. The number of rotatable bonds is 5. The van der Waals surface area contributed by atoms with E-state index in [1.807, 2.05) is 38.1 Å². The average Bonchev–Trinajstić information content (AvgIpc) is 2.35. The SMILES string of the molecule is CCC(C#N)NC(=O)CCc1ccc(C)cc1. The van der Waals surface area contributed by atoms with Crippen LogP contribution in [0.4, 0.5) is 0 Å². The van der Waals surface area contributed by atoms with Crippen molar-refractivity contribution < 1.29 is 4.79 Å². The lowest BCUT2D eigenvalue weighted by molar-refractivity contribution is -0.121. The second kappa shape index (κ2) is 6.70. The standard InChI is InChI=1S/C14H18N2O/c1-3-13(10-15)16-14(17)9-8-12-6-4-11(2)5-7-12/h4-7,13H,3,8-9H2,1-2H3,(H,16,17). The molecule has 3 nitrogen and oxygen atoms in total. The summed E-state index contributed by atoms with van der Waals surface area (Å²) in [5, 5.41) is 11.4. The first-order chi connectivity index (χ1) is 8.15. The zero-order chi connectivity index (χ0) is 12.7. The number of carbonyl (C=O) groups excluding carboxylic acids is 1. The average molecular weight is 230 g/mol. The van der Waals surface area contributed by atoms with Crippen molar-refractivity contribution in [3.05, 3.63) is 35.4 Å². The van der Waals surface area contributed by atoms with Gasteiger partial charge in [-0.2, -0.15) is 5.26 Å². The second-order valence-electron chi connectivity index (χ2n) is 4.14. The highest BCUT2D eigenvalue weighted by Crippen LogP contribution is 2.05. The lowest BCUT2D eigenvalue weighted by Gasteiger charge is -2.08. The zero-order valence-corrected chi connectivity index (χ0v) is 10.4. The van der Waals surface area contributed by atoms with Crippen molar-refractivity contribution in [2.45, 2.75) is 39.2 Å². The van der Waals surface area contributed by atoms with Gasteiger partial charge in [0.05, 0.1) is 6.07 Å². The maximum atomic E-state index is 11.5. The number of aryl methyl sites for hydroxylation is 2. The second-order valence-corrected chi connectivity index (χ2v) is 4.14. The molecule has 17 heavy (non-hydrogen) atoms. The Balaban J connectivity index is 2.38. The molecule has 1 atom stereocenters. The zero-order valence-electron chi connectivity index (χ0n) is 10.4. The van der Waals surface area contributed by atoms with Gasteiger partial charge >= 0.3 is 0 Å². The summed E-state index contributed by atoms with van der Waals surface area (Å²) in [5.74, 6) is -0.0565. The van der Waals surface area contributed by atoms with Crippen molar-refractivity contribution in [1.82, 2.24) is 5.32 Å². The molecule has 1 rings (SSSR count). The maximum Gasteiger partial charge on any atom is 0.221 e. The topological polar surface area (TPSA) is 52.9 Å². The summed E-state index contributed by atoms with van der Waals surface area (Å²) in [6.45, 7) is 3.92. The van der Waals surface area contributed by atoms with Crippen molar-refractivity contribution in [2.24, 2.45) is 0 Å². The molecule has 1 amide bonds. The lowest BCUT2D eigenvalue weighted by atomic mass is 10.1. The van der Waals surface area contributed by atoms with E-state index >= 15 is 0 Å². The van der Waals surface area contributed by atoms with E-state index < -0.39 is 0 Å². The Morgan fingerprint density at radius 2 is 2.06 bits per heavy atom. The predicted octanol–water partition coefficient (Wildman–Crippen LogP) is 2.35. The van der Waals surface area contributed by atoms with Gasteiger partial charge in [-0.25, -0.2) is 0 Å². The largest absolute Gasteiger partial charge is 0.340 e. The van der Waals surface area contributed by atoms with Gasteiger partial charge in [-0.05, 0) is 25.3 Å². The van der Waals surface area contributed by atoms with Gasteiger partial charge in [-0.1, -0.05) is 36.8 Å². The highest BCUT2D eigenvalue weighted by Gasteiger charge is 2.08. The number of nitrogens with one attached hydrogen (secondary N) is 1. The van der Waals surface area contributed by atoms with Crippen LogP contribution in [-0.2, 0) is 11.2 Å². The summed E-state index contributed by atoms with van der Waals surface area (Å²) in [6.07, 6.45) is 1.79. The van der Waals surface area contributed by atoms with Crippen LogP contribution in [0.1, 0.15) is 30.9 Å². The van der Waals surface area contributed by atoms with Crippen molar-refractivity contribution in [3.63, 3.8) is 0 Å². The van der Waals surface area contributed by atoms with Crippen molar-refractivity contribution in [3.8, 4) is 6.07 Å². The van der Waals surface area contributed by atoms with Crippen LogP contribution >= 0.6 is 0 Å². The monoisotopic (exact) mass is 230 g/mol. The summed E-state index contributed by atoms with van der Waals surface area (Å²) in [4.78, 5) is 11.5. The van der Waals surface area contributed by atoms with Crippen LogP contribution in [0.15, 0.2) is 24.3 Å². The molecule has 1 N–H and O–H groups in total. The molecule has 0 saturated carbocycles. The van der Waals surface area contributed by atoms with E-state index in [1.165, 1.54) is 5.56 Å². The van der Waals surface area contributed by atoms with Crippen LogP contribution in [0.2, 0.25) is 0 Å². The molecule has 0 aromatic heterocycles. The summed E-state index contributed by atoms with van der Waals surface area (Å²) in [7, 11) is 0. The fourth-order valence-electron chi connectivity index (χ4n) is 1.50. The Kier molecular flexibility index (Phi) is 5.22. The molecule has 0 heterocycles. The summed E-state index contributed by atoms with van der Waals surface area (Å²) >= 11 is 0. The fourth-order valence-corrected chi connectivity index (χ4v) is 1.50. The molecule has 0 spiro atoms. The number of hydrogen-bond donors (Lipinski definition) is 1. The number of nitriles is 1. The third-order valence-corrected chi connectivity index (χ3v) is 2.66. The first kappa shape index (κ1) is 13.2. The molecule has 0 saturated heterocycles. The van der Waals surface area contributed by atoms with Gasteiger partial charge in [0.1, 0.15) is 6.04 Å². The molecular weight excluding hydrogens is 212 g/mol. The molecule has 0 fully saturated rings. The quantitative estimate of drug-likeness (QED) is 0.844. The van der Waals surface area contributed by atoms with Crippen LogP contribution in [0, 0.1) is 18.3 Å². The number of nitrogens with zero attached hydrogens (tertiary/aromatic N) is 1. The lowest BCUT2D eigenvalue weighted by Crippen LogP contribution is -2.33. The molecule has 0 aliphatic carbocycles. The van der Waals surface area contributed by atoms with Gasteiger partial charge in [0, 0.05) is 6.42 Å². The molecule has 1 unspecified atom stereocenters. The third-order valence-electron chi connectivity index (χ3n) is 2.66. The van der Waals surface area contributed by atoms with Gasteiger partial charge in [-0.3, -0.25) is 4.79 Å². The Hall–Kier alpha value is -1.82. The fraction of sp³-hybridized carbons (Fsp3) is 0.429. The van der Waals surface area contributed by atoms with Crippen LogP contribution in [-0.4, -0.2) is 11.9 Å². The first-order valence-electron chi connectivity index (χ1n) is 5.90. The van der Waals surface area contributed by atoms with E-state index in [-0.39, 0.29) is 11.9 Å². The molecular formula is C14H18N2O. The first-order valence-corrected chi connectivity index (χ1v) is 5.90. The van der Waals surface area contributed by atoms with Gasteiger partial charge in [-0.15, -0.1) is 0 Å². The Labute approximate surface area is 102 Å². The van der Waals surface area contributed by atoms with Crippen LogP contribution in [0.3, 0.4) is 0 Å². The molecule has 0 radical (unpaired) electrons. The normalized spacial score (nSPS) is 11.6. The van der Waals surface area contributed by atoms with E-state index in [1.54, 1.807) is 0 Å². The van der Waals surface area contributed by atoms with Gasteiger partial charge in [0.25, 0.3) is 0 Å². The number of amides is 1. The smallest absolute Gasteiger partial charge is 0.221 e. The predicted molar refractivity (Wildman–Crippen MR) is 67.3 cm³/mol. The summed E-state index contributed by atoms with van der Waals surface area (Å²) < 4.78 is 0. The molecule has 0 aliphatic rings. The molecule has 3 heteroatoms. The minimum absolute atomic E-state index is 0.0565. The summed E-state index contributed by atoms with van der Waals surface area (Å²) in [6, 6.07) is 9.84. The van der Waals surface area contributed by atoms with Gasteiger partial charge in [0.2, 0.25) is 5.91 Å². The molecule has 1 aromatic rings. The van der Waals surface area contributed by atoms with E-state index in [4.69, 9.17) is 5.26 Å². The number of carbonyl (C=O) groups is 1. The van der Waals surface area contributed by atoms with Crippen molar-refractivity contribution >= 4 is 5.91 Å². The Morgan fingerprint density at radius 3 is 2.59 bits per heavy atom. The van der Waals surface area contributed by atoms with Crippen LogP contribution in [0.25, 0.3) is 0 Å². The molecule has 1 aromatic carbocycles. The third kappa shape index (κ3) is 4.69. The van der Waals surface area contributed by atoms with Crippen molar-refractivity contribution in [1.29, 1.82) is 5.26 Å². The van der Waals surface area contributed by atoms with Crippen LogP contribution in [0.5, 0.6) is 0 Å². The highest BCUT2D eigenvalue weighted by molar-refractivity contribution is 5.76. The minimum Gasteiger partial charge on any atom is -0.340 e. The van der Waals surface area contributed by atoms with Crippen molar-refractivity contribution in [2.75, 3.05) is 0 Å². The van der Waals surface area contributed by atoms with Crippen LogP contribution < -0.4 is 5.32 Å². The Morgan fingerprint density at radius 1 is 1.41 bits per heavy atom. The van der Waals surface area contributed by atoms with E-state index in [9.17, 15) is 4.79 Å². The Bertz CT molecular complexity index is 403.